The lowest BCUT2D eigenvalue weighted by Crippen LogP contribution is -2.33. The molecule has 9 heteroatoms. The maximum absolute atomic E-state index is 14.0. The maximum Gasteiger partial charge on any atom is 0.174 e. The summed E-state index contributed by atoms with van der Waals surface area (Å²) in [5, 5.41) is 4.85. The molecule has 0 radical (unpaired) electrons. The zero-order valence-corrected chi connectivity index (χ0v) is 23.7. The molecule has 0 aliphatic carbocycles. The third-order valence-electron chi connectivity index (χ3n) is 7.70. The van der Waals surface area contributed by atoms with Gasteiger partial charge >= 0.3 is 0 Å². The molecule has 6 rings (SSSR count). The molecule has 2 aromatic carbocycles. The number of pyridine rings is 1. The zero-order valence-electron chi connectivity index (χ0n) is 21.4. The summed E-state index contributed by atoms with van der Waals surface area (Å²) >= 11 is 19.0. The van der Waals surface area contributed by atoms with Gasteiger partial charge < -0.3 is 19.7 Å². The van der Waals surface area contributed by atoms with Gasteiger partial charge in [0.15, 0.2) is 5.11 Å². The Morgan fingerprint density at radius 2 is 1.72 bits per heavy atom. The van der Waals surface area contributed by atoms with Crippen LogP contribution < -0.4 is 15.1 Å². The predicted octanol–water partition coefficient (Wildman–Crippen LogP) is 7.73. The molecule has 200 valence electrons. The lowest BCUT2D eigenvalue weighted by molar-refractivity contribution is 0.438. The molecule has 4 aromatic rings. The lowest BCUT2D eigenvalue weighted by atomic mass is 9.98. The van der Waals surface area contributed by atoms with Gasteiger partial charge in [-0.25, -0.2) is 4.39 Å². The Morgan fingerprint density at radius 3 is 2.44 bits per heavy atom. The fourth-order valence-corrected chi connectivity index (χ4v) is 6.41. The van der Waals surface area contributed by atoms with Crippen LogP contribution in [0.25, 0.3) is 5.69 Å². The second kappa shape index (κ2) is 10.8. The van der Waals surface area contributed by atoms with Crippen LogP contribution in [0.3, 0.4) is 0 Å². The van der Waals surface area contributed by atoms with E-state index in [9.17, 15) is 4.39 Å². The molecule has 39 heavy (non-hydrogen) atoms. The number of aromatic nitrogens is 2. The van der Waals surface area contributed by atoms with Crippen molar-refractivity contribution < 1.29 is 4.39 Å². The topological polar surface area (TPSA) is 36.3 Å². The van der Waals surface area contributed by atoms with E-state index in [0.717, 1.165) is 60.3 Å². The van der Waals surface area contributed by atoms with Crippen molar-refractivity contribution in [2.45, 2.75) is 31.8 Å². The molecule has 0 spiro atoms. The second-order valence-electron chi connectivity index (χ2n) is 10.2. The van der Waals surface area contributed by atoms with Crippen LogP contribution >= 0.6 is 35.4 Å². The summed E-state index contributed by atoms with van der Waals surface area (Å²) in [4.78, 5) is 9.11. The molecule has 4 heterocycles. The molecule has 1 N–H and O–H groups in total. The number of nitrogens with one attached hydrogen (secondary N) is 1. The minimum absolute atomic E-state index is 0.0693. The molecule has 2 aliphatic heterocycles. The molecular formula is C30H28Cl2FN5S. The van der Waals surface area contributed by atoms with Crippen LogP contribution in [0.15, 0.2) is 79.1 Å². The molecule has 0 amide bonds. The van der Waals surface area contributed by atoms with Gasteiger partial charge in [0.1, 0.15) is 11.9 Å². The molecular weight excluding hydrogens is 552 g/mol. The third-order valence-corrected chi connectivity index (χ3v) is 8.60. The van der Waals surface area contributed by atoms with Crippen molar-refractivity contribution in [1.29, 1.82) is 0 Å². The number of thiocarbonyl (C=S) groups is 1. The van der Waals surface area contributed by atoms with Gasteiger partial charge in [-0.2, -0.15) is 0 Å². The lowest BCUT2D eigenvalue weighted by Gasteiger charge is -2.33. The highest BCUT2D eigenvalue weighted by Crippen LogP contribution is 2.44. The Hall–Kier alpha value is -3.13. The number of nitrogens with zero attached hydrogens (tertiary/aromatic N) is 4. The quantitative estimate of drug-likeness (QED) is 0.245. The Labute approximate surface area is 243 Å². The van der Waals surface area contributed by atoms with E-state index in [1.165, 1.54) is 6.07 Å². The van der Waals surface area contributed by atoms with E-state index in [-0.39, 0.29) is 17.1 Å². The van der Waals surface area contributed by atoms with Crippen LogP contribution in [0.5, 0.6) is 0 Å². The molecule has 2 aromatic heterocycles. The summed E-state index contributed by atoms with van der Waals surface area (Å²) in [6, 6.07) is 20.3. The molecule has 2 aliphatic rings. The van der Waals surface area contributed by atoms with Gasteiger partial charge in [-0.1, -0.05) is 36.2 Å². The number of benzene rings is 2. The SMILES string of the molecule is CC1CCN(c2ccc(N3C(=S)N[C@H](c4ccccn4)[C@H]3c3cccn3-c3ccc(F)c(Cl)c3)cc2Cl)CC1. The van der Waals surface area contributed by atoms with Crippen molar-refractivity contribution in [3.63, 3.8) is 0 Å². The number of halogens is 3. The first-order valence-electron chi connectivity index (χ1n) is 13.1. The number of hydrogen-bond acceptors (Lipinski definition) is 3. The van der Waals surface area contributed by atoms with Crippen LogP contribution in [0, 0.1) is 11.7 Å². The average molecular weight is 581 g/mol. The minimum atomic E-state index is -0.455. The van der Waals surface area contributed by atoms with E-state index in [0.29, 0.717) is 10.1 Å². The van der Waals surface area contributed by atoms with Gasteiger partial charge in [-0.3, -0.25) is 4.98 Å². The number of anilines is 2. The Balaban J connectivity index is 1.43. The summed E-state index contributed by atoms with van der Waals surface area (Å²) in [5.41, 5.74) is 4.51. The molecule has 2 saturated heterocycles. The fraction of sp³-hybridized carbons (Fsp3) is 0.267. The van der Waals surface area contributed by atoms with Crippen LogP contribution in [-0.2, 0) is 0 Å². The molecule has 2 atom stereocenters. The van der Waals surface area contributed by atoms with Crippen molar-refractivity contribution in [2.75, 3.05) is 22.9 Å². The first-order valence-corrected chi connectivity index (χ1v) is 14.2. The number of rotatable bonds is 5. The minimum Gasteiger partial charge on any atom is -0.370 e. The molecule has 0 unspecified atom stereocenters. The van der Waals surface area contributed by atoms with Gasteiger partial charge in [0.25, 0.3) is 0 Å². The molecule has 0 saturated carbocycles. The first kappa shape index (κ1) is 26.1. The van der Waals surface area contributed by atoms with Crippen LogP contribution in [0.1, 0.15) is 43.2 Å². The molecule has 2 fully saturated rings. The van der Waals surface area contributed by atoms with Gasteiger partial charge in [0.2, 0.25) is 0 Å². The Kier molecular flexibility index (Phi) is 7.23. The summed E-state index contributed by atoms with van der Waals surface area (Å²) in [5.74, 6) is 0.285. The van der Waals surface area contributed by atoms with Crippen LogP contribution in [-0.4, -0.2) is 27.8 Å². The van der Waals surface area contributed by atoms with Gasteiger partial charge in [-0.15, -0.1) is 0 Å². The smallest absolute Gasteiger partial charge is 0.174 e. The highest BCUT2D eigenvalue weighted by Gasteiger charge is 2.42. The standard InChI is InChI=1S/C30H28Cl2FN5S/c1-19-11-15-36(16-12-19)26-10-8-21(18-23(26)32)38-29(28(35-30(38)39)25-5-2-3-13-34-25)27-6-4-14-37(27)20-7-9-24(33)22(31)17-20/h2-10,13-14,17-19,28-29H,11-12,15-16H2,1H3,(H,35,39)/t28-,29-/m1/s1. The molecule has 5 nitrogen and oxygen atoms in total. The van der Waals surface area contributed by atoms with Crippen LogP contribution in [0.2, 0.25) is 10.0 Å². The summed E-state index contributed by atoms with van der Waals surface area (Å²) < 4.78 is 16.0. The van der Waals surface area contributed by atoms with Gasteiger partial charge in [-0.05, 0) is 91.6 Å². The zero-order chi connectivity index (χ0) is 27.1. The van der Waals surface area contributed by atoms with Crippen molar-refractivity contribution >= 4 is 51.9 Å². The number of hydrogen-bond donors (Lipinski definition) is 1. The number of piperidine rings is 1. The van der Waals surface area contributed by atoms with Crippen molar-refractivity contribution in [1.82, 2.24) is 14.9 Å². The van der Waals surface area contributed by atoms with E-state index in [4.69, 9.17) is 35.4 Å². The third kappa shape index (κ3) is 4.99. The van der Waals surface area contributed by atoms with E-state index in [1.807, 2.05) is 47.2 Å². The van der Waals surface area contributed by atoms with E-state index >= 15 is 0 Å². The maximum atomic E-state index is 14.0. The highest BCUT2D eigenvalue weighted by atomic mass is 35.5. The Morgan fingerprint density at radius 1 is 0.949 bits per heavy atom. The predicted molar refractivity (Wildman–Crippen MR) is 161 cm³/mol. The average Bonchev–Trinajstić information content (AvgIpc) is 3.55. The monoisotopic (exact) mass is 579 g/mol. The largest absolute Gasteiger partial charge is 0.370 e. The van der Waals surface area contributed by atoms with E-state index in [1.54, 1.807) is 18.3 Å². The summed E-state index contributed by atoms with van der Waals surface area (Å²) in [7, 11) is 0. The fourth-order valence-electron chi connectivity index (χ4n) is 5.59. The summed E-state index contributed by atoms with van der Waals surface area (Å²) in [6.45, 7) is 4.31. The van der Waals surface area contributed by atoms with Crippen molar-refractivity contribution in [2.24, 2.45) is 5.92 Å². The summed E-state index contributed by atoms with van der Waals surface area (Å²) in [6.07, 6.45) is 6.05. The second-order valence-corrected chi connectivity index (χ2v) is 11.4. The highest BCUT2D eigenvalue weighted by molar-refractivity contribution is 7.80. The van der Waals surface area contributed by atoms with E-state index in [2.05, 4.69) is 39.2 Å². The Bertz CT molecular complexity index is 1500. The normalized spacial score (nSPS) is 19.9. The van der Waals surface area contributed by atoms with Gasteiger partial charge in [0.05, 0.1) is 27.5 Å². The van der Waals surface area contributed by atoms with Crippen LogP contribution in [0.4, 0.5) is 15.8 Å². The van der Waals surface area contributed by atoms with Crippen molar-refractivity contribution in [3.8, 4) is 5.69 Å². The first-order chi connectivity index (χ1) is 18.9. The molecule has 0 bridgehead atoms. The van der Waals surface area contributed by atoms with Crippen molar-refractivity contribution in [3.05, 3.63) is 106 Å². The van der Waals surface area contributed by atoms with Gasteiger partial charge in [0, 0.05) is 42.6 Å². The van der Waals surface area contributed by atoms with E-state index < -0.39 is 5.82 Å².